The highest BCUT2D eigenvalue weighted by atomic mass is 32.2. The Hall–Kier alpha value is -3.33. The molecule has 0 spiro atoms. The van der Waals surface area contributed by atoms with Gasteiger partial charge in [-0.05, 0) is 37.7 Å². The van der Waals surface area contributed by atoms with E-state index in [2.05, 4.69) is 16.0 Å². The fourth-order valence-corrected chi connectivity index (χ4v) is 8.40. The summed E-state index contributed by atoms with van der Waals surface area (Å²) in [5.74, 6) is -4.57. The van der Waals surface area contributed by atoms with Gasteiger partial charge in [-0.25, -0.2) is 0 Å². The van der Waals surface area contributed by atoms with Crippen LogP contribution in [0.1, 0.15) is 63.9 Å². The highest BCUT2D eigenvalue weighted by molar-refractivity contribution is 7.86. The number of carbonyl (C=O) groups excluding carboxylic acids is 5. The van der Waals surface area contributed by atoms with Gasteiger partial charge >= 0.3 is 0 Å². The summed E-state index contributed by atoms with van der Waals surface area (Å²) in [5, 5.41) is 7.94. The monoisotopic (exact) mass is 711 g/mol. The first-order valence-electron chi connectivity index (χ1n) is 16.4. The summed E-state index contributed by atoms with van der Waals surface area (Å²) in [6.45, 7) is 1.49. The number of fused-ring (bicyclic) bond motifs is 2. The second-order valence-corrected chi connectivity index (χ2v) is 16.9. The van der Waals surface area contributed by atoms with Gasteiger partial charge in [0.2, 0.25) is 36.9 Å². The molecule has 0 saturated carbocycles. The van der Waals surface area contributed by atoms with E-state index in [-0.39, 0.29) is 38.8 Å². The predicted molar refractivity (Wildman–Crippen MR) is 175 cm³/mol. The number of amides is 5. The van der Waals surface area contributed by atoms with E-state index in [0.29, 0.717) is 37.7 Å². The second kappa shape index (κ2) is 16.4. The van der Waals surface area contributed by atoms with Crippen LogP contribution < -0.4 is 16.0 Å². The molecule has 5 amide bonds. The molecule has 266 valence electrons. The Morgan fingerprint density at radius 1 is 0.896 bits per heavy atom. The van der Waals surface area contributed by atoms with E-state index in [1.54, 1.807) is 30.3 Å². The summed E-state index contributed by atoms with van der Waals surface area (Å²) < 4.78 is 42.6. The summed E-state index contributed by atoms with van der Waals surface area (Å²) in [4.78, 5) is 82.1. The molecule has 15 nitrogen and oxygen atoms in total. The van der Waals surface area contributed by atoms with Crippen molar-refractivity contribution in [1.82, 2.24) is 25.8 Å². The Morgan fingerprint density at radius 3 is 2.15 bits per heavy atom. The lowest BCUT2D eigenvalue weighted by atomic mass is 10.1. The van der Waals surface area contributed by atoms with E-state index >= 15 is 0 Å². The third-order valence-electron chi connectivity index (χ3n) is 8.97. The highest BCUT2D eigenvalue weighted by Crippen LogP contribution is 2.47. The molecule has 3 aliphatic heterocycles. The first-order chi connectivity index (χ1) is 22.7. The molecule has 48 heavy (non-hydrogen) atoms. The number of nitrogens with one attached hydrogen (secondary N) is 3. The predicted octanol–water partition coefficient (Wildman–Crippen LogP) is 0.464. The highest BCUT2D eigenvalue weighted by Gasteiger charge is 2.43. The summed E-state index contributed by atoms with van der Waals surface area (Å²) in [6.07, 6.45) is 2.85. The van der Waals surface area contributed by atoms with Crippen molar-refractivity contribution in [3.63, 3.8) is 0 Å². The largest absolute Gasteiger partial charge is 0.343 e. The molecule has 6 atom stereocenters. The Balaban J connectivity index is 1.71. The molecule has 1 aromatic rings. The number of hydrogen-bond acceptors (Lipinski definition) is 9. The van der Waals surface area contributed by atoms with Crippen molar-refractivity contribution < 1.29 is 46.0 Å². The SMILES string of the molecule is CCCC[C@@H]1NC(=O)[C@@H]2CCCN2C(=O)CCP(=O)(O)C(Cc2ccccc2)NC(=O)[C@@H]2CCCN2C(=O)[C@H](COS(C)(=O)=O)NC1=O. The average molecular weight is 712 g/mol. The normalized spacial score (nSPS) is 29.7. The number of rotatable bonds is 8. The van der Waals surface area contributed by atoms with Gasteiger partial charge in [0.05, 0.1) is 12.9 Å². The summed E-state index contributed by atoms with van der Waals surface area (Å²) in [6, 6.07) is 4.11. The van der Waals surface area contributed by atoms with E-state index in [0.717, 1.165) is 6.26 Å². The Morgan fingerprint density at radius 2 is 1.50 bits per heavy atom. The molecular formula is C31H46N5O10PS. The minimum absolute atomic E-state index is 0.0238. The first-order valence-corrected chi connectivity index (χ1v) is 20.1. The number of carbonyl (C=O) groups is 5. The minimum atomic E-state index is -4.25. The van der Waals surface area contributed by atoms with Crippen LogP contribution in [0.3, 0.4) is 0 Å². The Bertz CT molecular complexity index is 1510. The minimum Gasteiger partial charge on any atom is -0.343 e. The molecule has 0 aliphatic carbocycles. The van der Waals surface area contributed by atoms with Gasteiger partial charge in [-0.15, -0.1) is 0 Å². The van der Waals surface area contributed by atoms with Crippen LogP contribution in [0.2, 0.25) is 0 Å². The van der Waals surface area contributed by atoms with Crippen molar-refractivity contribution >= 4 is 47.0 Å². The number of unbranched alkanes of at least 4 members (excludes halogenated alkanes) is 1. The van der Waals surface area contributed by atoms with Gasteiger partial charge in [0.1, 0.15) is 30.0 Å². The van der Waals surface area contributed by atoms with Crippen molar-refractivity contribution in [1.29, 1.82) is 0 Å². The maximum atomic E-state index is 13.9. The van der Waals surface area contributed by atoms with E-state index in [4.69, 9.17) is 4.18 Å². The van der Waals surface area contributed by atoms with Crippen molar-refractivity contribution in [2.75, 3.05) is 32.1 Å². The van der Waals surface area contributed by atoms with Crippen LogP contribution in [-0.4, -0.2) is 115 Å². The van der Waals surface area contributed by atoms with Crippen molar-refractivity contribution in [2.45, 2.75) is 94.7 Å². The van der Waals surface area contributed by atoms with Gasteiger partial charge in [-0.3, -0.25) is 32.7 Å². The molecule has 0 bridgehead atoms. The van der Waals surface area contributed by atoms with E-state index in [1.807, 2.05) is 6.92 Å². The smallest absolute Gasteiger partial charge is 0.264 e. The number of benzene rings is 1. The molecule has 0 radical (unpaired) electrons. The molecule has 4 N–H and O–H groups in total. The average Bonchev–Trinajstić information content (AvgIpc) is 3.74. The van der Waals surface area contributed by atoms with Gasteiger partial charge in [0.15, 0.2) is 0 Å². The van der Waals surface area contributed by atoms with Gasteiger partial charge < -0.3 is 30.6 Å². The number of hydrogen-bond donors (Lipinski definition) is 4. The quantitative estimate of drug-likeness (QED) is 0.216. The Kier molecular flexibility index (Phi) is 12.8. The molecule has 0 aromatic heterocycles. The lowest BCUT2D eigenvalue weighted by molar-refractivity contribution is -0.143. The molecule has 3 aliphatic rings. The van der Waals surface area contributed by atoms with Crippen molar-refractivity contribution in [2.24, 2.45) is 0 Å². The van der Waals surface area contributed by atoms with Crippen LogP contribution in [0.5, 0.6) is 0 Å². The molecule has 3 heterocycles. The molecule has 2 unspecified atom stereocenters. The molecule has 3 saturated heterocycles. The van der Waals surface area contributed by atoms with Crippen LogP contribution in [0, 0.1) is 0 Å². The molecule has 4 rings (SSSR count). The van der Waals surface area contributed by atoms with E-state index < -0.39 is 89.7 Å². The van der Waals surface area contributed by atoms with Crippen molar-refractivity contribution in [3.05, 3.63) is 35.9 Å². The summed E-state index contributed by atoms with van der Waals surface area (Å²) in [5.41, 5.74) is 0.666. The van der Waals surface area contributed by atoms with E-state index in [1.165, 1.54) is 9.80 Å². The van der Waals surface area contributed by atoms with Gasteiger partial charge in [0, 0.05) is 32.1 Å². The van der Waals surface area contributed by atoms with Gasteiger partial charge in [-0.2, -0.15) is 8.42 Å². The number of nitrogens with zero attached hydrogens (tertiary/aromatic N) is 2. The van der Waals surface area contributed by atoms with Gasteiger partial charge in [-0.1, -0.05) is 50.1 Å². The Labute approximate surface area is 281 Å². The van der Waals surface area contributed by atoms with E-state index in [9.17, 15) is 41.8 Å². The third-order valence-corrected chi connectivity index (χ3v) is 11.7. The third kappa shape index (κ3) is 9.86. The lowest BCUT2D eigenvalue weighted by Gasteiger charge is -2.32. The topological polar surface area (TPSA) is 209 Å². The van der Waals surface area contributed by atoms with Crippen LogP contribution in [0.25, 0.3) is 0 Å². The first kappa shape index (κ1) is 37.5. The second-order valence-electron chi connectivity index (χ2n) is 12.6. The summed E-state index contributed by atoms with van der Waals surface area (Å²) in [7, 11) is -8.29. The van der Waals surface area contributed by atoms with Crippen LogP contribution in [-0.2, 0) is 49.3 Å². The lowest BCUT2D eigenvalue weighted by Crippen LogP contribution is -2.59. The van der Waals surface area contributed by atoms with Crippen LogP contribution in [0.4, 0.5) is 0 Å². The molecule has 17 heteroatoms. The van der Waals surface area contributed by atoms with Gasteiger partial charge in [0.25, 0.3) is 10.1 Å². The molecule has 3 fully saturated rings. The molecule has 1 aromatic carbocycles. The fraction of sp³-hybridized carbons (Fsp3) is 0.645. The maximum Gasteiger partial charge on any atom is 0.264 e. The van der Waals surface area contributed by atoms with Crippen molar-refractivity contribution in [3.8, 4) is 0 Å². The fourth-order valence-electron chi connectivity index (χ4n) is 6.37. The van der Waals surface area contributed by atoms with Crippen LogP contribution >= 0.6 is 7.37 Å². The zero-order chi connectivity index (χ0) is 35.1. The zero-order valence-electron chi connectivity index (χ0n) is 27.3. The van der Waals surface area contributed by atoms with Crippen LogP contribution in [0.15, 0.2) is 30.3 Å². The molecular weight excluding hydrogens is 665 g/mol. The maximum absolute atomic E-state index is 13.9. The summed E-state index contributed by atoms with van der Waals surface area (Å²) >= 11 is 0. The standard InChI is InChI=1S/C31H46N5O10PS/c1-3-4-12-22-28(38)33-23(20-46-48(2,44)45)31(41)36-17-9-14-25(36)30(40)34-26(19-21-10-6-5-7-11-21)47(42,43)18-15-27(37)35-16-8-13-24(35)29(39)32-22/h5-7,10-11,22-26H,3-4,8-9,12-20H2,1-2H3,(H,32,39)(H,33,38)(H,34,40)(H,42,43)/t22-,23-,24-,25-,26?/m0/s1. The zero-order valence-corrected chi connectivity index (χ0v) is 29.0.